The molecule has 33 heavy (non-hydrogen) atoms. The van der Waals surface area contributed by atoms with Crippen LogP contribution in [0.2, 0.25) is 0 Å². The molecule has 9 nitrogen and oxygen atoms in total. The Balaban J connectivity index is 1.60. The Hall–Kier alpha value is -2.61. The van der Waals surface area contributed by atoms with Crippen molar-refractivity contribution >= 4 is 21.5 Å². The van der Waals surface area contributed by atoms with Crippen LogP contribution < -0.4 is 10.2 Å². The summed E-state index contributed by atoms with van der Waals surface area (Å²) in [7, 11) is -3.79. The molecule has 1 aromatic carbocycles. The second-order valence-electron chi connectivity index (χ2n) is 8.26. The van der Waals surface area contributed by atoms with Crippen LogP contribution in [0.1, 0.15) is 51.5 Å². The van der Waals surface area contributed by atoms with Gasteiger partial charge in [0.05, 0.1) is 5.71 Å². The molecule has 0 bridgehead atoms. The lowest BCUT2D eigenvalue weighted by molar-refractivity contribution is -0.201. The topological polar surface area (TPSA) is 113 Å². The maximum absolute atomic E-state index is 12.9. The van der Waals surface area contributed by atoms with E-state index in [1.165, 1.54) is 6.92 Å². The molecule has 2 aliphatic rings. The van der Waals surface area contributed by atoms with Crippen LogP contribution in [0.5, 0.6) is 5.75 Å². The van der Waals surface area contributed by atoms with E-state index in [2.05, 4.69) is 22.5 Å². The molecule has 10 heteroatoms. The number of carbonyl (C=O) groups excluding carboxylic acids is 1. The molecule has 0 spiro atoms. The monoisotopic (exact) mass is 478 g/mol. The minimum atomic E-state index is -3.79. The standard InChI is InChI=1S/C23H30N2O7S/c1-4-5-13-29-18-11-9-17(10-12-18)20-15-19(31-24-20)16-23(2,33(3,27)28)22(26)25-32-21-8-6-7-14-30-21/h9-12,19,21H,6-8,13-16H2,1-3H3,(H,25,26)/t19-,21?,23?/m1/s1. The number of hydroxylamine groups is 1. The molecule has 0 aliphatic carbocycles. The zero-order chi connectivity index (χ0) is 23.9. The molecule has 1 N–H and O–H groups in total. The van der Waals surface area contributed by atoms with Crippen LogP contribution in [-0.2, 0) is 29.0 Å². The summed E-state index contributed by atoms with van der Waals surface area (Å²) in [4.78, 5) is 23.7. The second kappa shape index (κ2) is 11.0. The van der Waals surface area contributed by atoms with Crippen molar-refractivity contribution in [2.75, 3.05) is 19.5 Å². The summed E-state index contributed by atoms with van der Waals surface area (Å²) in [5, 5.41) is 4.11. The minimum Gasteiger partial charge on any atom is -0.481 e. The molecule has 1 aromatic rings. The predicted octanol–water partition coefficient (Wildman–Crippen LogP) is 2.35. The molecule has 2 aliphatic heterocycles. The van der Waals surface area contributed by atoms with E-state index in [4.69, 9.17) is 19.1 Å². The summed E-state index contributed by atoms with van der Waals surface area (Å²) in [6.45, 7) is 3.97. The first kappa shape index (κ1) is 25.0. The number of sulfone groups is 1. The lowest BCUT2D eigenvalue weighted by Crippen LogP contribution is -2.52. The number of carbonyl (C=O) groups is 1. The van der Waals surface area contributed by atoms with Crippen LogP contribution in [0.4, 0.5) is 0 Å². The van der Waals surface area contributed by atoms with Gasteiger partial charge in [0.1, 0.15) is 18.5 Å². The summed E-state index contributed by atoms with van der Waals surface area (Å²) in [5.74, 6) is 5.52. The Kier molecular flexibility index (Phi) is 8.35. The van der Waals surface area contributed by atoms with Crippen LogP contribution >= 0.6 is 0 Å². The van der Waals surface area contributed by atoms with Crippen molar-refractivity contribution in [2.24, 2.45) is 5.16 Å². The average molecular weight is 479 g/mol. The molecule has 0 saturated carbocycles. The lowest BCUT2D eigenvalue weighted by atomic mass is 9.96. The third-order valence-electron chi connectivity index (χ3n) is 5.75. The number of benzene rings is 1. The van der Waals surface area contributed by atoms with Crippen LogP contribution in [0.25, 0.3) is 0 Å². The van der Waals surface area contributed by atoms with Crippen molar-refractivity contribution in [3.05, 3.63) is 29.8 Å². The zero-order valence-corrected chi connectivity index (χ0v) is 19.9. The number of nitrogens with one attached hydrogen (secondary N) is 1. The maximum Gasteiger partial charge on any atom is 0.264 e. The minimum absolute atomic E-state index is 0.0730. The highest BCUT2D eigenvalue weighted by atomic mass is 32.2. The Bertz CT molecular complexity index is 1020. The predicted molar refractivity (Wildman–Crippen MR) is 122 cm³/mol. The molecule has 2 heterocycles. The summed E-state index contributed by atoms with van der Waals surface area (Å²) in [6.07, 6.45) is 2.65. The van der Waals surface area contributed by atoms with Gasteiger partial charge in [-0.15, -0.1) is 5.92 Å². The Morgan fingerprint density at radius 1 is 1.30 bits per heavy atom. The fourth-order valence-corrected chi connectivity index (χ4v) is 4.39. The summed E-state index contributed by atoms with van der Waals surface area (Å²) < 4.78 is 34.3. The number of amides is 1. The van der Waals surface area contributed by atoms with Crippen LogP contribution in [0.3, 0.4) is 0 Å². The fourth-order valence-electron chi connectivity index (χ4n) is 3.52. The van der Waals surface area contributed by atoms with E-state index in [0.717, 1.165) is 24.7 Å². The largest absolute Gasteiger partial charge is 0.481 e. The third kappa shape index (κ3) is 6.47. The van der Waals surface area contributed by atoms with Crippen LogP contribution in [-0.4, -0.2) is 56.6 Å². The molecule has 1 amide bonds. The molecule has 3 atom stereocenters. The molecular weight excluding hydrogens is 448 g/mol. The summed E-state index contributed by atoms with van der Waals surface area (Å²) in [5.41, 5.74) is 3.78. The van der Waals surface area contributed by atoms with Gasteiger partial charge in [0.15, 0.2) is 20.9 Å². The molecule has 1 saturated heterocycles. The maximum atomic E-state index is 12.9. The van der Waals surface area contributed by atoms with Gasteiger partial charge in [0, 0.05) is 32.1 Å². The molecule has 2 unspecified atom stereocenters. The first-order chi connectivity index (χ1) is 15.7. The van der Waals surface area contributed by atoms with Crippen molar-refractivity contribution in [2.45, 2.75) is 63.1 Å². The third-order valence-corrected chi connectivity index (χ3v) is 7.73. The van der Waals surface area contributed by atoms with E-state index in [9.17, 15) is 13.2 Å². The Morgan fingerprint density at radius 2 is 2.06 bits per heavy atom. The van der Waals surface area contributed by atoms with E-state index in [-0.39, 0.29) is 6.42 Å². The fraction of sp³-hybridized carbons (Fsp3) is 0.565. The number of rotatable bonds is 9. The van der Waals surface area contributed by atoms with Crippen molar-refractivity contribution < 1.29 is 32.4 Å². The number of oxime groups is 1. The van der Waals surface area contributed by atoms with Crippen LogP contribution in [0.15, 0.2) is 29.4 Å². The number of hydrogen-bond donors (Lipinski definition) is 1. The van der Waals surface area contributed by atoms with Gasteiger partial charge in [-0.3, -0.25) is 4.79 Å². The van der Waals surface area contributed by atoms with Crippen molar-refractivity contribution in [1.29, 1.82) is 0 Å². The SMILES string of the molecule is CC#CCOc1ccc(C2=NO[C@@H](CC(C)(C(=O)NOC3CCCCO3)S(C)(=O)=O)C2)cc1. The van der Waals surface area contributed by atoms with Gasteiger partial charge in [0.25, 0.3) is 5.91 Å². The van der Waals surface area contributed by atoms with Gasteiger partial charge in [-0.25, -0.2) is 18.7 Å². The van der Waals surface area contributed by atoms with Crippen LogP contribution in [0, 0.1) is 11.8 Å². The zero-order valence-electron chi connectivity index (χ0n) is 19.1. The van der Waals surface area contributed by atoms with E-state index in [1.54, 1.807) is 19.1 Å². The number of ether oxygens (including phenoxy) is 2. The molecular formula is C23H30N2O7S. The molecule has 3 rings (SSSR count). The van der Waals surface area contributed by atoms with E-state index >= 15 is 0 Å². The van der Waals surface area contributed by atoms with E-state index in [1.807, 2.05) is 12.1 Å². The summed E-state index contributed by atoms with van der Waals surface area (Å²) >= 11 is 0. The molecule has 180 valence electrons. The highest BCUT2D eigenvalue weighted by molar-refractivity contribution is 7.92. The highest BCUT2D eigenvalue weighted by Crippen LogP contribution is 2.30. The molecule has 0 aromatic heterocycles. The van der Waals surface area contributed by atoms with Gasteiger partial charge < -0.3 is 14.3 Å². The first-order valence-corrected chi connectivity index (χ1v) is 12.7. The molecule has 1 fully saturated rings. The van der Waals surface area contributed by atoms with Gasteiger partial charge >= 0.3 is 0 Å². The summed E-state index contributed by atoms with van der Waals surface area (Å²) in [6, 6.07) is 7.31. The normalized spacial score (nSPS) is 22.2. The first-order valence-electron chi connectivity index (χ1n) is 10.9. The van der Waals surface area contributed by atoms with Crippen molar-refractivity contribution in [1.82, 2.24) is 5.48 Å². The van der Waals surface area contributed by atoms with Gasteiger partial charge in [-0.05, 0) is 56.5 Å². The van der Waals surface area contributed by atoms with Gasteiger partial charge in [0.2, 0.25) is 0 Å². The number of hydrogen-bond acceptors (Lipinski definition) is 8. The van der Waals surface area contributed by atoms with Crippen molar-refractivity contribution in [3.63, 3.8) is 0 Å². The average Bonchev–Trinajstić information content (AvgIpc) is 3.26. The van der Waals surface area contributed by atoms with E-state index < -0.39 is 32.9 Å². The smallest absolute Gasteiger partial charge is 0.264 e. The highest BCUT2D eigenvalue weighted by Gasteiger charge is 2.47. The van der Waals surface area contributed by atoms with E-state index in [0.29, 0.717) is 37.5 Å². The molecule has 0 radical (unpaired) electrons. The Labute approximate surface area is 194 Å². The Morgan fingerprint density at radius 3 is 2.70 bits per heavy atom. The number of nitrogens with zero attached hydrogens (tertiary/aromatic N) is 1. The quantitative estimate of drug-likeness (QED) is 0.428. The van der Waals surface area contributed by atoms with Crippen molar-refractivity contribution in [3.8, 4) is 17.6 Å². The second-order valence-corrected chi connectivity index (χ2v) is 10.7. The van der Waals surface area contributed by atoms with Gasteiger partial charge in [-0.2, -0.15) is 0 Å². The van der Waals surface area contributed by atoms with Gasteiger partial charge in [-0.1, -0.05) is 11.1 Å². The lowest BCUT2D eigenvalue weighted by Gasteiger charge is -2.29.